The van der Waals surface area contributed by atoms with E-state index in [4.69, 9.17) is 0 Å². The first-order chi connectivity index (χ1) is 9.97. The van der Waals surface area contributed by atoms with Crippen molar-refractivity contribution >= 4 is 5.71 Å². The fourth-order valence-electron chi connectivity index (χ4n) is 2.24. The van der Waals surface area contributed by atoms with E-state index in [2.05, 4.69) is 15.0 Å². The molecule has 2 rings (SSSR count). The molecule has 1 aromatic carbocycles. The van der Waals surface area contributed by atoms with Gasteiger partial charge in [-0.15, -0.1) is 0 Å². The Balaban J connectivity index is 2.29. The third kappa shape index (κ3) is 3.90. The number of hydrogen-bond acceptors (Lipinski definition) is 3. The number of nitrogens with one attached hydrogen (secondary N) is 1. The first-order valence-electron chi connectivity index (χ1n) is 7.01. The van der Waals surface area contributed by atoms with Crippen LogP contribution in [0.2, 0.25) is 0 Å². The highest BCUT2D eigenvalue weighted by atomic mass is 19.1. The summed E-state index contributed by atoms with van der Waals surface area (Å²) in [5, 5.41) is 9.96. The van der Waals surface area contributed by atoms with Gasteiger partial charge in [-0.3, -0.25) is 4.99 Å². The summed E-state index contributed by atoms with van der Waals surface area (Å²) >= 11 is 0. The smallest absolute Gasteiger partial charge is 0.124 e. The van der Waals surface area contributed by atoms with Crippen molar-refractivity contribution in [1.29, 1.82) is 0 Å². The first-order valence-corrected chi connectivity index (χ1v) is 7.01. The van der Waals surface area contributed by atoms with Crippen LogP contribution < -0.4 is 0 Å². The highest BCUT2D eigenvalue weighted by Crippen LogP contribution is 2.23. The summed E-state index contributed by atoms with van der Waals surface area (Å²) in [5.74, 6) is -0.239. The van der Waals surface area contributed by atoms with Crippen LogP contribution in [-0.2, 0) is 6.42 Å². The Kier molecular flexibility index (Phi) is 4.73. The van der Waals surface area contributed by atoms with Gasteiger partial charge in [0.05, 0.1) is 12.4 Å². The van der Waals surface area contributed by atoms with Crippen LogP contribution in [0.15, 0.2) is 35.7 Å². The lowest BCUT2D eigenvalue weighted by molar-refractivity contribution is 0.471. The molecule has 0 aliphatic rings. The molecule has 1 aromatic heterocycles. The van der Waals surface area contributed by atoms with Crippen molar-refractivity contribution in [1.82, 2.24) is 9.97 Å². The third-order valence-electron chi connectivity index (χ3n) is 3.21. The van der Waals surface area contributed by atoms with Gasteiger partial charge in [-0.2, -0.15) is 0 Å². The maximum Gasteiger partial charge on any atom is 0.124 e. The second-order valence-corrected chi connectivity index (χ2v) is 5.46. The van der Waals surface area contributed by atoms with Crippen molar-refractivity contribution in [2.75, 3.05) is 0 Å². The van der Waals surface area contributed by atoms with Crippen LogP contribution in [0.1, 0.15) is 32.0 Å². The van der Waals surface area contributed by atoms with Gasteiger partial charge in [-0.05, 0) is 31.0 Å². The molecule has 0 amide bonds. The van der Waals surface area contributed by atoms with Crippen molar-refractivity contribution in [2.45, 2.75) is 33.2 Å². The topological polar surface area (TPSA) is 61.3 Å². The number of phenols is 1. The molecule has 0 spiro atoms. The van der Waals surface area contributed by atoms with Crippen LogP contribution in [0.4, 0.5) is 4.39 Å². The van der Waals surface area contributed by atoms with Gasteiger partial charge in [0, 0.05) is 29.6 Å². The zero-order valence-corrected chi connectivity index (χ0v) is 12.5. The molecule has 0 unspecified atom stereocenters. The second kappa shape index (κ2) is 6.52. The van der Waals surface area contributed by atoms with E-state index in [0.717, 1.165) is 5.69 Å². The summed E-state index contributed by atoms with van der Waals surface area (Å²) in [4.78, 5) is 11.7. The number of hydrogen-bond donors (Lipinski definition) is 2. The minimum Gasteiger partial charge on any atom is -0.507 e. The normalized spacial score (nSPS) is 13.7. The molecule has 0 saturated carbocycles. The number of aromatic hydroxyl groups is 1. The van der Waals surface area contributed by atoms with E-state index in [1.807, 2.05) is 20.8 Å². The minimum absolute atomic E-state index is 0.00511. The Labute approximate surface area is 123 Å². The largest absolute Gasteiger partial charge is 0.507 e. The quantitative estimate of drug-likeness (QED) is 0.829. The van der Waals surface area contributed by atoms with E-state index in [0.29, 0.717) is 17.7 Å². The third-order valence-corrected chi connectivity index (χ3v) is 3.21. The summed E-state index contributed by atoms with van der Waals surface area (Å²) in [6.45, 7) is 5.94. The van der Waals surface area contributed by atoms with E-state index in [-0.39, 0.29) is 23.5 Å². The lowest BCUT2D eigenvalue weighted by Crippen LogP contribution is -2.15. The summed E-state index contributed by atoms with van der Waals surface area (Å²) in [6, 6.07) is 3.94. The van der Waals surface area contributed by atoms with E-state index in [1.54, 1.807) is 12.5 Å². The predicted octanol–water partition coefficient (Wildman–Crippen LogP) is 3.33. The lowest BCUT2D eigenvalue weighted by atomic mass is 9.98. The van der Waals surface area contributed by atoms with Crippen LogP contribution >= 0.6 is 0 Å². The van der Waals surface area contributed by atoms with Crippen LogP contribution in [-0.4, -0.2) is 26.8 Å². The molecule has 0 aliphatic heterocycles. The van der Waals surface area contributed by atoms with Crippen LogP contribution in [0.25, 0.3) is 0 Å². The Morgan fingerprint density at radius 2 is 2.14 bits per heavy atom. The molecule has 0 bridgehead atoms. The molecule has 0 fully saturated rings. The molecule has 5 heteroatoms. The average Bonchev–Trinajstić information content (AvgIpc) is 2.91. The van der Waals surface area contributed by atoms with Gasteiger partial charge in [0.15, 0.2) is 0 Å². The number of halogens is 1. The van der Waals surface area contributed by atoms with Gasteiger partial charge in [0.2, 0.25) is 0 Å². The summed E-state index contributed by atoms with van der Waals surface area (Å²) in [7, 11) is 0. The number of phenolic OH excluding ortho intramolecular Hbond substituents is 1. The summed E-state index contributed by atoms with van der Waals surface area (Å²) in [6.07, 6.45) is 4.11. The molecule has 1 atom stereocenters. The maximum absolute atomic E-state index is 13.4. The van der Waals surface area contributed by atoms with Gasteiger partial charge >= 0.3 is 0 Å². The molecule has 112 valence electrons. The second-order valence-electron chi connectivity index (χ2n) is 5.46. The fraction of sp³-hybridized carbons (Fsp3) is 0.375. The molecule has 4 nitrogen and oxygen atoms in total. The highest BCUT2D eigenvalue weighted by molar-refractivity contribution is 6.04. The number of aromatic amines is 1. The van der Waals surface area contributed by atoms with Gasteiger partial charge in [-0.1, -0.05) is 13.8 Å². The number of H-pyrrole nitrogens is 1. The lowest BCUT2D eigenvalue weighted by Gasteiger charge is -2.15. The minimum atomic E-state index is -0.377. The van der Waals surface area contributed by atoms with Crippen LogP contribution in [0, 0.1) is 11.7 Å². The molecule has 0 radical (unpaired) electrons. The number of imidazole rings is 1. The maximum atomic E-state index is 13.4. The van der Waals surface area contributed by atoms with Crippen molar-refractivity contribution in [2.24, 2.45) is 10.9 Å². The van der Waals surface area contributed by atoms with Crippen LogP contribution in [0.5, 0.6) is 5.75 Å². The summed E-state index contributed by atoms with van der Waals surface area (Å²) < 4.78 is 13.4. The Hall–Kier alpha value is -2.17. The molecule has 1 heterocycles. The van der Waals surface area contributed by atoms with E-state index in [1.165, 1.54) is 18.2 Å². The van der Waals surface area contributed by atoms with Gasteiger partial charge in [0.25, 0.3) is 0 Å². The fourth-order valence-corrected chi connectivity index (χ4v) is 2.24. The van der Waals surface area contributed by atoms with E-state index >= 15 is 0 Å². The zero-order chi connectivity index (χ0) is 15.4. The Bertz CT molecular complexity index is 620. The summed E-state index contributed by atoms with van der Waals surface area (Å²) in [5.41, 5.74) is 2.17. The number of nitrogens with zero attached hydrogens (tertiary/aromatic N) is 2. The van der Waals surface area contributed by atoms with Crippen molar-refractivity contribution < 1.29 is 9.50 Å². The molecule has 2 aromatic rings. The van der Waals surface area contributed by atoms with Crippen molar-refractivity contribution in [3.05, 3.63) is 47.8 Å². The predicted molar refractivity (Wildman–Crippen MR) is 81.2 cm³/mol. The highest BCUT2D eigenvalue weighted by Gasteiger charge is 2.15. The van der Waals surface area contributed by atoms with E-state index in [9.17, 15) is 9.50 Å². The molecular formula is C16H20FN3O. The number of aromatic nitrogens is 2. The number of benzene rings is 1. The molecular weight excluding hydrogens is 269 g/mol. The molecule has 21 heavy (non-hydrogen) atoms. The molecule has 2 N–H and O–H groups in total. The van der Waals surface area contributed by atoms with Gasteiger partial charge in [0.1, 0.15) is 11.6 Å². The van der Waals surface area contributed by atoms with Crippen molar-refractivity contribution in [3.8, 4) is 5.75 Å². The SMILES string of the molecule is CC(C)C(=N[C@H](C)Cc1cnc[nH]1)c1cc(F)ccc1O. The van der Waals surface area contributed by atoms with Gasteiger partial charge < -0.3 is 10.1 Å². The molecule has 0 saturated heterocycles. The average molecular weight is 289 g/mol. The number of rotatable bonds is 5. The van der Waals surface area contributed by atoms with Crippen molar-refractivity contribution in [3.63, 3.8) is 0 Å². The van der Waals surface area contributed by atoms with E-state index < -0.39 is 0 Å². The Morgan fingerprint density at radius 3 is 2.76 bits per heavy atom. The monoisotopic (exact) mass is 289 g/mol. The Morgan fingerprint density at radius 1 is 1.38 bits per heavy atom. The number of aliphatic imine (C=N–C) groups is 1. The molecule has 0 aliphatic carbocycles. The van der Waals surface area contributed by atoms with Gasteiger partial charge in [-0.25, -0.2) is 9.37 Å². The first kappa shape index (κ1) is 15.2. The van der Waals surface area contributed by atoms with Crippen LogP contribution in [0.3, 0.4) is 0 Å². The zero-order valence-electron chi connectivity index (χ0n) is 12.5. The standard InChI is InChI=1S/C16H20FN3O/c1-10(2)16(14-7-12(17)4-5-15(14)21)20-11(3)6-13-8-18-9-19-13/h4-5,7-11,21H,6H2,1-3H3,(H,18,19)/t11-/m1/s1.